The van der Waals surface area contributed by atoms with Crippen LogP contribution in [0, 0.1) is 0 Å². The lowest BCUT2D eigenvalue weighted by Gasteiger charge is -2.21. The number of aromatic amines is 1. The number of rotatable bonds is 4. The molecule has 2 N–H and O–H groups in total. The van der Waals surface area contributed by atoms with E-state index in [2.05, 4.69) is 24.0 Å². The third kappa shape index (κ3) is 2.17. The van der Waals surface area contributed by atoms with Crippen LogP contribution in [0.25, 0.3) is 0 Å². The summed E-state index contributed by atoms with van der Waals surface area (Å²) in [5.74, 6) is 0.164. The number of hydrogen-bond acceptors (Lipinski definition) is 1. The van der Waals surface area contributed by atoms with E-state index in [0.717, 1.165) is 12.0 Å². The number of benzene rings is 1. The lowest BCUT2D eigenvalue weighted by molar-refractivity contribution is 0.142. The first-order chi connectivity index (χ1) is 7.83. The molecule has 2 unspecified atom stereocenters. The molecule has 2 atom stereocenters. The maximum atomic E-state index is 10.3. The fourth-order valence-electron chi connectivity index (χ4n) is 2.09. The first-order valence-corrected chi connectivity index (χ1v) is 5.68. The van der Waals surface area contributed by atoms with Crippen molar-refractivity contribution in [2.75, 3.05) is 0 Å². The number of aliphatic hydroxyl groups excluding tert-OH is 1. The van der Waals surface area contributed by atoms with E-state index in [9.17, 15) is 5.11 Å². The fourth-order valence-corrected chi connectivity index (χ4v) is 2.09. The standard InChI is InChI=1S/C14H17NO/c1-2-13(11-6-4-3-5-7-11)14(16)12-8-9-15-10-12/h3-10,13-16H,2H2,1H3. The number of H-pyrrole nitrogens is 1. The molecule has 1 heterocycles. The van der Waals surface area contributed by atoms with E-state index in [4.69, 9.17) is 0 Å². The molecule has 16 heavy (non-hydrogen) atoms. The van der Waals surface area contributed by atoms with Gasteiger partial charge in [0, 0.05) is 18.3 Å². The summed E-state index contributed by atoms with van der Waals surface area (Å²) in [5.41, 5.74) is 2.15. The molecule has 0 aliphatic heterocycles. The fraction of sp³-hybridized carbons (Fsp3) is 0.286. The van der Waals surface area contributed by atoms with Crippen LogP contribution in [0.5, 0.6) is 0 Å². The Kier molecular flexibility index (Phi) is 3.42. The van der Waals surface area contributed by atoms with Crippen LogP contribution in [0.4, 0.5) is 0 Å². The molecule has 0 amide bonds. The van der Waals surface area contributed by atoms with Crippen LogP contribution in [-0.4, -0.2) is 10.1 Å². The Bertz CT molecular complexity index is 408. The SMILES string of the molecule is CCC(c1ccccc1)C(O)c1cc[nH]c1. The van der Waals surface area contributed by atoms with Gasteiger partial charge in [-0.25, -0.2) is 0 Å². The highest BCUT2D eigenvalue weighted by Gasteiger charge is 2.20. The van der Waals surface area contributed by atoms with Gasteiger partial charge in [0.1, 0.15) is 0 Å². The van der Waals surface area contributed by atoms with Crippen molar-refractivity contribution in [1.82, 2.24) is 4.98 Å². The van der Waals surface area contributed by atoms with Crippen molar-refractivity contribution in [1.29, 1.82) is 0 Å². The average Bonchev–Trinajstić information content (AvgIpc) is 2.85. The molecule has 0 aliphatic carbocycles. The van der Waals surface area contributed by atoms with E-state index in [1.54, 1.807) is 0 Å². The molecule has 0 saturated heterocycles. The average molecular weight is 215 g/mol. The molecule has 2 rings (SSSR count). The van der Waals surface area contributed by atoms with E-state index in [-0.39, 0.29) is 5.92 Å². The van der Waals surface area contributed by atoms with Crippen LogP contribution in [0.1, 0.15) is 36.5 Å². The zero-order valence-corrected chi connectivity index (χ0v) is 9.43. The van der Waals surface area contributed by atoms with Gasteiger partial charge in [0.05, 0.1) is 6.10 Å². The Morgan fingerprint density at radius 1 is 1.12 bits per heavy atom. The second kappa shape index (κ2) is 4.99. The molecule has 2 nitrogen and oxygen atoms in total. The molecule has 0 bridgehead atoms. The third-order valence-electron chi connectivity index (χ3n) is 3.01. The molecule has 2 aromatic rings. The van der Waals surface area contributed by atoms with Crippen molar-refractivity contribution in [3.05, 3.63) is 59.9 Å². The summed E-state index contributed by atoms with van der Waals surface area (Å²) < 4.78 is 0. The third-order valence-corrected chi connectivity index (χ3v) is 3.01. The van der Waals surface area contributed by atoms with Gasteiger partial charge in [0.15, 0.2) is 0 Å². The highest BCUT2D eigenvalue weighted by Crippen LogP contribution is 2.33. The first kappa shape index (κ1) is 11.0. The zero-order chi connectivity index (χ0) is 11.4. The number of aromatic nitrogens is 1. The van der Waals surface area contributed by atoms with Crippen LogP contribution in [0.3, 0.4) is 0 Å². The zero-order valence-electron chi connectivity index (χ0n) is 9.43. The molecular weight excluding hydrogens is 198 g/mol. The Balaban J connectivity index is 2.23. The highest BCUT2D eigenvalue weighted by molar-refractivity contribution is 5.25. The van der Waals surface area contributed by atoms with Gasteiger partial charge in [0.2, 0.25) is 0 Å². The normalized spacial score (nSPS) is 14.6. The quantitative estimate of drug-likeness (QED) is 0.807. The van der Waals surface area contributed by atoms with E-state index < -0.39 is 6.10 Å². The molecule has 1 aromatic heterocycles. The second-order valence-electron chi connectivity index (χ2n) is 4.01. The second-order valence-corrected chi connectivity index (χ2v) is 4.01. The van der Waals surface area contributed by atoms with Gasteiger partial charge in [-0.3, -0.25) is 0 Å². The van der Waals surface area contributed by atoms with Gasteiger partial charge >= 0.3 is 0 Å². The highest BCUT2D eigenvalue weighted by atomic mass is 16.3. The maximum absolute atomic E-state index is 10.3. The molecule has 2 heteroatoms. The summed E-state index contributed by atoms with van der Waals surface area (Å²) in [6.07, 6.45) is 4.20. The summed E-state index contributed by atoms with van der Waals surface area (Å²) in [6.45, 7) is 2.10. The number of hydrogen-bond donors (Lipinski definition) is 2. The van der Waals surface area contributed by atoms with Gasteiger partial charge in [-0.2, -0.15) is 0 Å². The van der Waals surface area contributed by atoms with Crippen LogP contribution in [0.15, 0.2) is 48.8 Å². The minimum atomic E-state index is -0.432. The molecule has 0 saturated carbocycles. The monoisotopic (exact) mass is 215 g/mol. The van der Waals surface area contributed by atoms with Crippen LogP contribution < -0.4 is 0 Å². The van der Waals surface area contributed by atoms with E-state index >= 15 is 0 Å². The summed E-state index contributed by atoms with van der Waals surface area (Å²) in [5, 5.41) is 10.3. The summed E-state index contributed by atoms with van der Waals surface area (Å²) in [7, 11) is 0. The van der Waals surface area contributed by atoms with Crippen molar-refractivity contribution < 1.29 is 5.11 Å². The minimum absolute atomic E-state index is 0.164. The molecule has 1 aromatic carbocycles. The molecule has 0 spiro atoms. The predicted molar refractivity (Wildman–Crippen MR) is 65.2 cm³/mol. The predicted octanol–water partition coefficient (Wildman–Crippen LogP) is 3.24. The lowest BCUT2D eigenvalue weighted by atomic mass is 9.88. The lowest BCUT2D eigenvalue weighted by Crippen LogP contribution is -2.09. The van der Waals surface area contributed by atoms with Gasteiger partial charge < -0.3 is 10.1 Å². The van der Waals surface area contributed by atoms with E-state index in [1.807, 2.05) is 36.7 Å². The van der Waals surface area contributed by atoms with Crippen molar-refractivity contribution in [3.8, 4) is 0 Å². The molecule has 84 valence electrons. The number of aliphatic hydroxyl groups is 1. The van der Waals surface area contributed by atoms with E-state index in [0.29, 0.717) is 0 Å². The Morgan fingerprint density at radius 2 is 1.88 bits per heavy atom. The largest absolute Gasteiger partial charge is 0.388 e. The Labute approximate surface area is 96.0 Å². The smallest absolute Gasteiger partial charge is 0.0872 e. The van der Waals surface area contributed by atoms with Gasteiger partial charge in [-0.15, -0.1) is 0 Å². The van der Waals surface area contributed by atoms with Crippen LogP contribution >= 0.6 is 0 Å². The van der Waals surface area contributed by atoms with Crippen molar-refractivity contribution in [2.45, 2.75) is 25.4 Å². The summed E-state index contributed by atoms with van der Waals surface area (Å²) in [4.78, 5) is 2.98. The maximum Gasteiger partial charge on any atom is 0.0872 e. The summed E-state index contributed by atoms with van der Waals surface area (Å²) >= 11 is 0. The van der Waals surface area contributed by atoms with Gasteiger partial charge in [-0.05, 0) is 23.6 Å². The first-order valence-electron chi connectivity index (χ1n) is 5.68. The van der Waals surface area contributed by atoms with Gasteiger partial charge in [0.25, 0.3) is 0 Å². The van der Waals surface area contributed by atoms with Crippen molar-refractivity contribution in [3.63, 3.8) is 0 Å². The molecule has 0 radical (unpaired) electrons. The Hall–Kier alpha value is -1.54. The van der Waals surface area contributed by atoms with Gasteiger partial charge in [-0.1, -0.05) is 37.3 Å². The topological polar surface area (TPSA) is 36.0 Å². The minimum Gasteiger partial charge on any atom is -0.388 e. The summed E-state index contributed by atoms with van der Waals surface area (Å²) in [6, 6.07) is 12.1. The van der Waals surface area contributed by atoms with Crippen molar-refractivity contribution in [2.24, 2.45) is 0 Å². The number of nitrogens with one attached hydrogen (secondary N) is 1. The van der Waals surface area contributed by atoms with Crippen LogP contribution in [-0.2, 0) is 0 Å². The molecule has 0 fully saturated rings. The molecular formula is C14H17NO. The molecule has 0 aliphatic rings. The Morgan fingerprint density at radius 3 is 2.44 bits per heavy atom. The van der Waals surface area contributed by atoms with Crippen LogP contribution in [0.2, 0.25) is 0 Å². The van der Waals surface area contributed by atoms with Crippen molar-refractivity contribution >= 4 is 0 Å². The van der Waals surface area contributed by atoms with E-state index in [1.165, 1.54) is 5.56 Å².